The second-order valence-electron chi connectivity index (χ2n) is 8.39. The summed E-state index contributed by atoms with van der Waals surface area (Å²) in [7, 11) is 0. The van der Waals surface area contributed by atoms with Crippen molar-refractivity contribution < 1.29 is 0 Å². The van der Waals surface area contributed by atoms with E-state index < -0.39 is 0 Å². The van der Waals surface area contributed by atoms with E-state index in [4.69, 9.17) is 4.98 Å². The van der Waals surface area contributed by atoms with Crippen LogP contribution >= 0.6 is 22.7 Å². The maximum Gasteiger partial charge on any atom is 0.139 e. The zero-order valence-corrected chi connectivity index (χ0v) is 21.2. The normalized spacial score (nSPS) is 10.8. The smallest absolute Gasteiger partial charge is 0.139 e. The molecule has 0 radical (unpaired) electrons. The van der Waals surface area contributed by atoms with Gasteiger partial charge >= 0.3 is 0 Å². The Labute approximate surface area is 218 Å². The third kappa shape index (κ3) is 4.83. The van der Waals surface area contributed by atoms with Crippen LogP contribution < -0.4 is 5.32 Å². The van der Waals surface area contributed by atoms with Crippen molar-refractivity contribution in [1.29, 1.82) is 0 Å². The highest BCUT2D eigenvalue weighted by Crippen LogP contribution is 2.34. The van der Waals surface area contributed by atoms with Crippen LogP contribution in [0.4, 0.5) is 5.82 Å². The summed E-state index contributed by atoms with van der Waals surface area (Å²) in [6.07, 6.45) is 3.09. The summed E-state index contributed by atoms with van der Waals surface area (Å²) in [5.41, 5.74) is 6.25. The molecular formula is C31H23N3S2. The van der Waals surface area contributed by atoms with E-state index >= 15 is 0 Å². The van der Waals surface area contributed by atoms with Gasteiger partial charge in [-0.3, -0.25) is 4.40 Å². The zero-order chi connectivity index (χ0) is 24.2. The summed E-state index contributed by atoms with van der Waals surface area (Å²) in [5, 5.41) is 7.92. The predicted octanol–water partition coefficient (Wildman–Crippen LogP) is 7.85. The highest BCUT2D eigenvalue weighted by atomic mass is 32.1. The number of fused-ring (bicyclic) bond motifs is 1. The van der Waals surface area contributed by atoms with Crippen molar-refractivity contribution in [3.63, 3.8) is 0 Å². The molecule has 0 fully saturated rings. The Morgan fingerprint density at radius 3 is 2.39 bits per heavy atom. The van der Waals surface area contributed by atoms with Crippen molar-refractivity contribution in [2.75, 3.05) is 11.9 Å². The number of anilines is 1. The van der Waals surface area contributed by atoms with Crippen LogP contribution in [0.25, 0.3) is 27.3 Å². The van der Waals surface area contributed by atoms with Crippen LogP contribution in [0.1, 0.15) is 16.0 Å². The third-order valence-electron chi connectivity index (χ3n) is 5.94. The van der Waals surface area contributed by atoms with E-state index in [1.807, 2.05) is 36.4 Å². The molecule has 0 saturated heterocycles. The number of benzene rings is 2. The maximum atomic E-state index is 5.08. The fourth-order valence-electron chi connectivity index (χ4n) is 4.15. The largest absolute Gasteiger partial charge is 0.369 e. The molecule has 4 heterocycles. The first-order chi connectivity index (χ1) is 17.8. The summed E-state index contributed by atoms with van der Waals surface area (Å²) in [6.45, 7) is 0.841. The van der Waals surface area contributed by atoms with Crippen molar-refractivity contribution in [1.82, 2.24) is 9.38 Å². The molecule has 5 heteroatoms. The van der Waals surface area contributed by atoms with Crippen LogP contribution in [0.3, 0.4) is 0 Å². The Kier molecular flexibility index (Phi) is 6.37. The van der Waals surface area contributed by atoms with E-state index in [2.05, 4.69) is 93.1 Å². The van der Waals surface area contributed by atoms with Crippen LogP contribution in [-0.4, -0.2) is 15.9 Å². The van der Waals surface area contributed by atoms with Gasteiger partial charge in [0.15, 0.2) is 0 Å². The van der Waals surface area contributed by atoms with E-state index in [1.54, 1.807) is 22.7 Å². The molecule has 3 nitrogen and oxygen atoms in total. The van der Waals surface area contributed by atoms with Crippen LogP contribution in [0.2, 0.25) is 0 Å². The number of pyridine rings is 1. The SMILES string of the molecule is C(#Cc1csc(-c2nc3cc(-c4ccccc4)ccn3c2NCCc2cccs2)c1)c1ccccc1. The number of aromatic nitrogens is 2. The summed E-state index contributed by atoms with van der Waals surface area (Å²) in [4.78, 5) is 7.56. The highest BCUT2D eigenvalue weighted by molar-refractivity contribution is 7.13. The molecule has 0 aliphatic heterocycles. The first-order valence-corrected chi connectivity index (χ1v) is 13.6. The Balaban J connectivity index is 1.36. The van der Waals surface area contributed by atoms with E-state index in [0.29, 0.717) is 0 Å². The fourth-order valence-corrected chi connectivity index (χ4v) is 5.69. The van der Waals surface area contributed by atoms with E-state index in [9.17, 15) is 0 Å². The second-order valence-corrected chi connectivity index (χ2v) is 10.3. The lowest BCUT2D eigenvalue weighted by atomic mass is 10.1. The second kappa shape index (κ2) is 10.2. The number of hydrogen-bond donors (Lipinski definition) is 1. The molecule has 174 valence electrons. The minimum absolute atomic E-state index is 0.841. The van der Waals surface area contributed by atoms with Crippen molar-refractivity contribution in [3.8, 4) is 33.5 Å². The summed E-state index contributed by atoms with van der Waals surface area (Å²) >= 11 is 3.48. The van der Waals surface area contributed by atoms with Crippen LogP contribution in [0, 0.1) is 11.8 Å². The van der Waals surface area contributed by atoms with Crippen LogP contribution in [0.15, 0.2) is 108 Å². The quantitative estimate of drug-likeness (QED) is 0.236. The Morgan fingerprint density at radius 2 is 1.58 bits per heavy atom. The van der Waals surface area contributed by atoms with Crippen molar-refractivity contribution in [3.05, 3.63) is 124 Å². The summed E-state index contributed by atoms with van der Waals surface area (Å²) < 4.78 is 2.16. The number of imidazole rings is 1. The third-order valence-corrected chi connectivity index (χ3v) is 7.81. The molecular weight excluding hydrogens is 478 g/mol. The molecule has 6 aromatic rings. The van der Waals surface area contributed by atoms with Gasteiger partial charge in [0.05, 0.1) is 4.88 Å². The minimum atomic E-state index is 0.841. The first kappa shape index (κ1) is 22.4. The Hall–Kier alpha value is -4.11. The number of nitrogens with one attached hydrogen (secondary N) is 1. The molecule has 0 spiro atoms. The van der Waals surface area contributed by atoms with Gasteiger partial charge in [0.2, 0.25) is 0 Å². The average molecular weight is 502 g/mol. The molecule has 0 unspecified atom stereocenters. The van der Waals surface area contributed by atoms with Gasteiger partial charge in [-0.25, -0.2) is 4.98 Å². The monoisotopic (exact) mass is 501 g/mol. The lowest BCUT2D eigenvalue weighted by Crippen LogP contribution is -2.07. The van der Waals surface area contributed by atoms with E-state index in [-0.39, 0.29) is 0 Å². The topological polar surface area (TPSA) is 29.3 Å². The van der Waals surface area contributed by atoms with Gasteiger partial charge in [-0.2, -0.15) is 0 Å². The van der Waals surface area contributed by atoms with Gasteiger partial charge in [-0.15, -0.1) is 22.7 Å². The van der Waals surface area contributed by atoms with Gasteiger partial charge in [0.1, 0.15) is 17.2 Å². The standard InChI is InChI=1S/C31H23N3S2/c1-3-8-23(9-4-1)13-14-24-20-28(36-22-24)30-31(32-17-15-27-12-7-19-35-27)34-18-16-26(21-29(34)33-30)25-10-5-2-6-11-25/h1-12,16,18-22,32H,15,17H2. The predicted molar refractivity (Wildman–Crippen MR) is 153 cm³/mol. The molecule has 0 aliphatic rings. The molecule has 2 aromatic carbocycles. The van der Waals surface area contributed by atoms with Crippen LogP contribution in [-0.2, 0) is 6.42 Å². The molecule has 0 atom stereocenters. The fraction of sp³-hybridized carbons (Fsp3) is 0.0645. The van der Waals surface area contributed by atoms with Gasteiger partial charge in [-0.05, 0) is 59.3 Å². The molecule has 0 bridgehead atoms. The minimum Gasteiger partial charge on any atom is -0.369 e. The summed E-state index contributed by atoms with van der Waals surface area (Å²) in [5.74, 6) is 7.58. The van der Waals surface area contributed by atoms with E-state index in [1.165, 1.54) is 10.4 Å². The number of hydrogen-bond acceptors (Lipinski definition) is 4. The molecule has 0 amide bonds. The maximum absolute atomic E-state index is 5.08. The Morgan fingerprint density at radius 1 is 0.778 bits per heavy atom. The molecule has 0 saturated carbocycles. The molecule has 36 heavy (non-hydrogen) atoms. The lowest BCUT2D eigenvalue weighted by molar-refractivity contribution is 1.02. The van der Waals surface area contributed by atoms with Crippen molar-refractivity contribution in [2.24, 2.45) is 0 Å². The summed E-state index contributed by atoms with van der Waals surface area (Å²) in [6, 6.07) is 31.3. The van der Waals surface area contributed by atoms with Gasteiger partial charge < -0.3 is 5.32 Å². The average Bonchev–Trinajstić information content (AvgIpc) is 3.69. The zero-order valence-electron chi connectivity index (χ0n) is 19.5. The first-order valence-electron chi connectivity index (χ1n) is 11.8. The number of nitrogens with zero attached hydrogens (tertiary/aromatic N) is 2. The number of rotatable bonds is 6. The lowest BCUT2D eigenvalue weighted by Gasteiger charge is -2.08. The van der Waals surface area contributed by atoms with Gasteiger partial charge in [0, 0.05) is 34.1 Å². The molecule has 6 rings (SSSR count). The van der Waals surface area contributed by atoms with Gasteiger partial charge in [0.25, 0.3) is 0 Å². The Bertz CT molecular complexity index is 1650. The molecule has 0 aliphatic carbocycles. The highest BCUT2D eigenvalue weighted by Gasteiger charge is 2.16. The van der Waals surface area contributed by atoms with Crippen molar-refractivity contribution >= 4 is 34.1 Å². The molecule has 4 aromatic heterocycles. The van der Waals surface area contributed by atoms with Gasteiger partial charge in [-0.1, -0.05) is 66.4 Å². The molecule has 1 N–H and O–H groups in total. The van der Waals surface area contributed by atoms with Crippen molar-refractivity contribution in [2.45, 2.75) is 6.42 Å². The van der Waals surface area contributed by atoms with E-state index in [0.717, 1.165) is 51.7 Å². The number of thiophene rings is 2. The van der Waals surface area contributed by atoms with Crippen LogP contribution in [0.5, 0.6) is 0 Å².